The van der Waals surface area contributed by atoms with Crippen LogP contribution in [0.5, 0.6) is 0 Å². The Morgan fingerprint density at radius 3 is 2.38 bits per heavy atom. The Labute approximate surface area is 142 Å². The van der Waals surface area contributed by atoms with Gasteiger partial charge < -0.3 is 9.15 Å². The lowest BCUT2D eigenvalue weighted by atomic mass is 9.97. The lowest BCUT2D eigenvalue weighted by Crippen LogP contribution is -2.01. The molecule has 1 unspecified atom stereocenters. The predicted molar refractivity (Wildman–Crippen MR) is 99.4 cm³/mol. The lowest BCUT2D eigenvalue weighted by Gasteiger charge is -2.12. The highest BCUT2D eigenvalue weighted by atomic mass is 16.5. The molecule has 0 fully saturated rings. The highest BCUT2D eigenvalue weighted by Gasteiger charge is 2.12. The van der Waals surface area contributed by atoms with Gasteiger partial charge in [0, 0.05) is 24.1 Å². The van der Waals surface area contributed by atoms with Gasteiger partial charge in [-0.05, 0) is 36.6 Å². The molecule has 0 saturated carbocycles. The SMILES string of the molecule is CC.COC(C)c1ccc2c(-c3ccccc3C)cc(=O)oc2c1. The molecule has 0 radical (unpaired) electrons. The molecule has 0 saturated heterocycles. The molecule has 0 bridgehead atoms. The van der Waals surface area contributed by atoms with Gasteiger partial charge in [0.05, 0.1) is 6.10 Å². The summed E-state index contributed by atoms with van der Waals surface area (Å²) >= 11 is 0. The van der Waals surface area contributed by atoms with Crippen molar-refractivity contribution in [3.8, 4) is 11.1 Å². The number of hydrogen-bond donors (Lipinski definition) is 0. The third-order valence-electron chi connectivity index (χ3n) is 4.03. The third-order valence-corrected chi connectivity index (χ3v) is 4.03. The van der Waals surface area contributed by atoms with Crippen LogP contribution in [0.25, 0.3) is 22.1 Å². The smallest absolute Gasteiger partial charge is 0.336 e. The molecule has 0 aliphatic carbocycles. The van der Waals surface area contributed by atoms with Crippen LogP contribution < -0.4 is 5.63 Å². The van der Waals surface area contributed by atoms with Crippen molar-refractivity contribution in [1.82, 2.24) is 0 Å². The van der Waals surface area contributed by atoms with E-state index in [1.807, 2.05) is 70.2 Å². The summed E-state index contributed by atoms with van der Waals surface area (Å²) in [6.07, 6.45) is -0.0446. The number of benzene rings is 2. The molecule has 0 N–H and O–H groups in total. The molecule has 3 heteroatoms. The third kappa shape index (κ3) is 3.57. The topological polar surface area (TPSA) is 39.4 Å². The fourth-order valence-corrected chi connectivity index (χ4v) is 2.67. The summed E-state index contributed by atoms with van der Waals surface area (Å²) < 4.78 is 10.7. The average molecular weight is 324 g/mol. The zero-order valence-corrected chi connectivity index (χ0v) is 14.9. The van der Waals surface area contributed by atoms with E-state index in [1.165, 1.54) is 0 Å². The van der Waals surface area contributed by atoms with Crippen LogP contribution in [0.4, 0.5) is 0 Å². The Morgan fingerprint density at radius 1 is 1.00 bits per heavy atom. The molecular formula is C21H24O3. The van der Waals surface area contributed by atoms with Gasteiger partial charge in [0.2, 0.25) is 0 Å². The van der Waals surface area contributed by atoms with E-state index in [0.29, 0.717) is 5.58 Å². The van der Waals surface area contributed by atoms with Gasteiger partial charge in [0.25, 0.3) is 0 Å². The fraction of sp³-hybridized carbons (Fsp3) is 0.286. The van der Waals surface area contributed by atoms with Gasteiger partial charge in [-0.25, -0.2) is 4.79 Å². The first-order valence-corrected chi connectivity index (χ1v) is 8.27. The zero-order chi connectivity index (χ0) is 17.7. The van der Waals surface area contributed by atoms with Crippen molar-refractivity contribution in [2.24, 2.45) is 0 Å². The molecule has 1 atom stereocenters. The minimum atomic E-state index is -0.340. The Hall–Kier alpha value is -2.39. The zero-order valence-electron chi connectivity index (χ0n) is 14.9. The van der Waals surface area contributed by atoms with Gasteiger partial charge in [-0.15, -0.1) is 0 Å². The molecule has 126 valence electrons. The van der Waals surface area contributed by atoms with E-state index in [4.69, 9.17) is 9.15 Å². The maximum atomic E-state index is 11.9. The summed E-state index contributed by atoms with van der Waals surface area (Å²) in [4.78, 5) is 11.9. The van der Waals surface area contributed by atoms with Crippen LogP contribution in [0, 0.1) is 6.92 Å². The number of ether oxygens (including phenoxy) is 1. The predicted octanol–water partition coefficient (Wildman–Crippen LogP) is 5.50. The van der Waals surface area contributed by atoms with Crippen LogP contribution in [-0.2, 0) is 4.74 Å². The van der Waals surface area contributed by atoms with Crippen molar-refractivity contribution in [3.63, 3.8) is 0 Å². The summed E-state index contributed by atoms with van der Waals surface area (Å²) in [5, 5.41) is 0.931. The number of aryl methyl sites for hydroxylation is 1. The number of hydrogen-bond acceptors (Lipinski definition) is 3. The Kier molecular flexibility index (Phi) is 5.93. The molecule has 24 heavy (non-hydrogen) atoms. The summed E-state index contributed by atoms with van der Waals surface area (Å²) in [5.74, 6) is 0. The molecule has 0 spiro atoms. The van der Waals surface area contributed by atoms with Gasteiger partial charge in [-0.3, -0.25) is 0 Å². The highest BCUT2D eigenvalue weighted by Crippen LogP contribution is 2.31. The largest absolute Gasteiger partial charge is 0.423 e. The molecule has 0 amide bonds. The molecule has 3 aromatic rings. The quantitative estimate of drug-likeness (QED) is 0.597. The van der Waals surface area contributed by atoms with Gasteiger partial charge >= 0.3 is 5.63 Å². The standard InChI is InChI=1S/C19H18O3.C2H6/c1-12-6-4-5-7-15(12)17-11-19(20)22-18-10-14(13(2)21-3)8-9-16(17)18;1-2/h4-11,13H,1-3H3;1-2H3. The second-order valence-electron chi connectivity index (χ2n) is 5.43. The molecule has 2 aromatic carbocycles. The van der Waals surface area contributed by atoms with Crippen LogP contribution in [0.2, 0.25) is 0 Å². The van der Waals surface area contributed by atoms with E-state index >= 15 is 0 Å². The summed E-state index contributed by atoms with van der Waals surface area (Å²) in [5.41, 5.74) is 4.32. The highest BCUT2D eigenvalue weighted by molar-refractivity contribution is 5.94. The summed E-state index contributed by atoms with van der Waals surface area (Å²) in [7, 11) is 1.66. The van der Waals surface area contributed by atoms with Crippen molar-refractivity contribution in [3.05, 3.63) is 70.1 Å². The number of rotatable bonds is 3. The second kappa shape index (κ2) is 7.93. The fourth-order valence-electron chi connectivity index (χ4n) is 2.67. The van der Waals surface area contributed by atoms with E-state index in [9.17, 15) is 4.79 Å². The van der Waals surface area contributed by atoms with Crippen molar-refractivity contribution in [2.75, 3.05) is 7.11 Å². The van der Waals surface area contributed by atoms with Crippen LogP contribution in [0.15, 0.2) is 57.7 Å². The second-order valence-corrected chi connectivity index (χ2v) is 5.43. The molecular weight excluding hydrogens is 300 g/mol. The lowest BCUT2D eigenvalue weighted by molar-refractivity contribution is 0.119. The summed E-state index contributed by atoms with van der Waals surface area (Å²) in [6.45, 7) is 8.00. The van der Waals surface area contributed by atoms with Crippen LogP contribution in [0.3, 0.4) is 0 Å². The van der Waals surface area contributed by atoms with Crippen LogP contribution in [-0.4, -0.2) is 7.11 Å². The molecule has 0 aliphatic rings. The number of methoxy groups -OCH3 is 1. The van der Waals surface area contributed by atoms with Crippen molar-refractivity contribution < 1.29 is 9.15 Å². The molecule has 3 nitrogen and oxygen atoms in total. The minimum absolute atomic E-state index is 0.0446. The molecule has 1 heterocycles. The maximum Gasteiger partial charge on any atom is 0.336 e. The van der Waals surface area contributed by atoms with Crippen molar-refractivity contribution >= 4 is 11.0 Å². The average Bonchev–Trinajstić information content (AvgIpc) is 2.62. The number of fused-ring (bicyclic) bond motifs is 1. The van der Waals surface area contributed by atoms with Crippen molar-refractivity contribution in [1.29, 1.82) is 0 Å². The maximum absolute atomic E-state index is 11.9. The van der Waals surface area contributed by atoms with E-state index in [-0.39, 0.29) is 11.7 Å². The molecule has 0 aliphatic heterocycles. The van der Waals surface area contributed by atoms with Gasteiger partial charge in [-0.1, -0.05) is 50.2 Å². The van der Waals surface area contributed by atoms with Crippen molar-refractivity contribution in [2.45, 2.75) is 33.8 Å². The molecule has 1 aromatic heterocycles. The summed E-state index contributed by atoms with van der Waals surface area (Å²) in [6, 6.07) is 15.5. The first-order chi connectivity index (χ1) is 11.6. The Morgan fingerprint density at radius 2 is 1.71 bits per heavy atom. The van der Waals surface area contributed by atoms with E-state index in [2.05, 4.69) is 0 Å². The van der Waals surface area contributed by atoms with Crippen LogP contribution >= 0.6 is 0 Å². The Balaban J connectivity index is 0.00000100. The van der Waals surface area contributed by atoms with Crippen LogP contribution in [0.1, 0.15) is 38.0 Å². The minimum Gasteiger partial charge on any atom is -0.423 e. The van der Waals surface area contributed by atoms with Gasteiger partial charge in [-0.2, -0.15) is 0 Å². The van der Waals surface area contributed by atoms with E-state index in [1.54, 1.807) is 13.2 Å². The van der Waals surface area contributed by atoms with E-state index in [0.717, 1.165) is 27.6 Å². The first-order valence-electron chi connectivity index (χ1n) is 8.27. The van der Waals surface area contributed by atoms with Gasteiger partial charge in [0.1, 0.15) is 5.58 Å². The Bertz CT molecular complexity index is 878. The molecule has 3 rings (SSSR count). The normalized spacial score (nSPS) is 11.7. The monoisotopic (exact) mass is 324 g/mol. The van der Waals surface area contributed by atoms with Gasteiger partial charge in [0.15, 0.2) is 0 Å². The first kappa shape index (κ1) is 18.0. The van der Waals surface area contributed by atoms with E-state index < -0.39 is 0 Å².